The summed E-state index contributed by atoms with van der Waals surface area (Å²) in [5, 5.41) is 9.39. The van der Waals surface area contributed by atoms with Crippen LogP contribution in [0.1, 0.15) is 52.3 Å². The van der Waals surface area contributed by atoms with E-state index in [1.54, 1.807) is 16.7 Å². The largest absolute Gasteiger partial charge is 0.494 e. The van der Waals surface area contributed by atoms with E-state index in [9.17, 15) is 4.79 Å². The van der Waals surface area contributed by atoms with Gasteiger partial charge in [0.1, 0.15) is 5.75 Å². The zero-order valence-electron chi connectivity index (χ0n) is 20.0. The van der Waals surface area contributed by atoms with Crippen LogP contribution in [0.25, 0.3) is 11.3 Å². The Morgan fingerprint density at radius 2 is 1.88 bits per heavy atom. The van der Waals surface area contributed by atoms with Gasteiger partial charge in [0.25, 0.3) is 0 Å². The lowest BCUT2D eigenvalue weighted by Crippen LogP contribution is -2.37. The molecule has 0 fully saturated rings. The number of thioether (sulfide) groups is 1. The number of hydrogen-bond donors (Lipinski definition) is 0. The molecule has 1 aliphatic heterocycles. The Morgan fingerprint density at radius 1 is 1.12 bits per heavy atom. The Hall–Kier alpha value is -3.13. The van der Waals surface area contributed by atoms with Gasteiger partial charge in [0.05, 0.1) is 12.3 Å². The van der Waals surface area contributed by atoms with Crippen molar-refractivity contribution in [2.24, 2.45) is 5.92 Å². The standard InChI is InChI=1S/C26H30N4O3S/c1-5-9-22(31)30-21-11-8-7-10-20(21)23-24(27-26(29-28-23)34-16-17(3)4)33-25(30)18-12-14-19(15-13-18)32-6-2/h7-8,10-15,17,25H,5-6,9,16H2,1-4H3. The number of fused-ring (bicyclic) bond motifs is 3. The summed E-state index contributed by atoms with van der Waals surface area (Å²) in [7, 11) is 0. The van der Waals surface area contributed by atoms with Crippen LogP contribution >= 0.6 is 11.8 Å². The lowest BCUT2D eigenvalue weighted by molar-refractivity contribution is -0.120. The molecule has 7 nitrogen and oxygen atoms in total. The molecule has 2 aromatic carbocycles. The highest BCUT2D eigenvalue weighted by atomic mass is 32.2. The molecule has 0 bridgehead atoms. The zero-order valence-corrected chi connectivity index (χ0v) is 20.8. The van der Waals surface area contributed by atoms with Crippen LogP contribution in [-0.2, 0) is 4.79 Å². The molecule has 1 amide bonds. The number of nitrogens with zero attached hydrogens (tertiary/aromatic N) is 4. The summed E-state index contributed by atoms with van der Waals surface area (Å²) in [6.45, 7) is 8.82. The van der Waals surface area contributed by atoms with Crippen molar-refractivity contribution in [3.63, 3.8) is 0 Å². The molecule has 1 atom stereocenters. The summed E-state index contributed by atoms with van der Waals surface area (Å²) in [6.07, 6.45) is 0.432. The molecule has 0 aliphatic carbocycles. The molecule has 34 heavy (non-hydrogen) atoms. The fourth-order valence-electron chi connectivity index (χ4n) is 3.73. The Labute approximate surface area is 204 Å². The molecule has 0 spiro atoms. The van der Waals surface area contributed by atoms with Crippen LogP contribution in [0.2, 0.25) is 0 Å². The first kappa shape index (κ1) is 24.0. The van der Waals surface area contributed by atoms with Crippen molar-refractivity contribution < 1.29 is 14.3 Å². The average molecular weight is 479 g/mol. The smallest absolute Gasteiger partial charge is 0.247 e. The van der Waals surface area contributed by atoms with E-state index in [0.717, 1.165) is 34.7 Å². The molecule has 8 heteroatoms. The van der Waals surface area contributed by atoms with Crippen molar-refractivity contribution in [2.75, 3.05) is 17.3 Å². The number of anilines is 1. The van der Waals surface area contributed by atoms with E-state index >= 15 is 0 Å². The molecule has 1 unspecified atom stereocenters. The van der Waals surface area contributed by atoms with E-state index in [0.29, 0.717) is 35.7 Å². The van der Waals surface area contributed by atoms with Crippen LogP contribution in [-0.4, -0.2) is 33.4 Å². The highest BCUT2D eigenvalue weighted by Crippen LogP contribution is 2.43. The number of hydrogen-bond acceptors (Lipinski definition) is 7. The van der Waals surface area contributed by atoms with Crippen molar-refractivity contribution in [2.45, 2.75) is 51.9 Å². The normalized spacial score (nSPS) is 14.7. The molecule has 4 rings (SSSR count). The minimum Gasteiger partial charge on any atom is -0.494 e. The maximum Gasteiger partial charge on any atom is 0.247 e. The van der Waals surface area contributed by atoms with Gasteiger partial charge in [0, 0.05) is 23.3 Å². The predicted molar refractivity (Wildman–Crippen MR) is 134 cm³/mol. The Kier molecular flexibility index (Phi) is 7.67. The van der Waals surface area contributed by atoms with Crippen molar-refractivity contribution in [3.8, 4) is 22.9 Å². The maximum atomic E-state index is 13.4. The third-order valence-electron chi connectivity index (χ3n) is 5.27. The van der Waals surface area contributed by atoms with Crippen LogP contribution in [0.5, 0.6) is 11.6 Å². The molecule has 0 N–H and O–H groups in total. The Balaban J connectivity index is 1.84. The van der Waals surface area contributed by atoms with E-state index in [1.807, 2.05) is 62.4 Å². The van der Waals surface area contributed by atoms with E-state index in [2.05, 4.69) is 24.0 Å². The molecule has 2 heterocycles. The summed E-state index contributed by atoms with van der Waals surface area (Å²) in [4.78, 5) is 19.9. The molecule has 3 aromatic rings. The van der Waals surface area contributed by atoms with E-state index in [1.165, 1.54) is 0 Å². The fraction of sp³-hybridized carbons (Fsp3) is 0.385. The van der Waals surface area contributed by atoms with Gasteiger partial charge in [0.2, 0.25) is 23.2 Å². The monoisotopic (exact) mass is 478 g/mol. The molecule has 178 valence electrons. The summed E-state index contributed by atoms with van der Waals surface area (Å²) >= 11 is 1.55. The highest BCUT2D eigenvalue weighted by molar-refractivity contribution is 7.99. The number of rotatable bonds is 8. The van der Waals surface area contributed by atoms with Gasteiger partial charge >= 0.3 is 0 Å². The van der Waals surface area contributed by atoms with Gasteiger partial charge in [-0.25, -0.2) is 0 Å². The number of carbonyl (C=O) groups excluding carboxylic acids is 1. The van der Waals surface area contributed by atoms with Crippen LogP contribution in [0.3, 0.4) is 0 Å². The highest BCUT2D eigenvalue weighted by Gasteiger charge is 2.35. The second kappa shape index (κ2) is 10.9. The van der Waals surface area contributed by atoms with Crippen LogP contribution in [0.4, 0.5) is 5.69 Å². The van der Waals surface area contributed by atoms with Gasteiger partial charge in [-0.3, -0.25) is 9.69 Å². The Morgan fingerprint density at radius 3 is 2.59 bits per heavy atom. The summed E-state index contributed by atoms with van der Waals surface area (Å²) in [6, 6.07) is 15.3. The minimum absolute atomic E-state index is 0.0241. The number of amides is 1. The fourth-order valence-corrected chi connectivity index (χ4v) is 4.46. The summed E-state index contributed by atoms with van der Waals surface area (Å²) in [5.41, 5.74) is 2.87. The number of ether oxygens (including phenoxy) is 2. The van der Waals surface area contributed by atoms with Gasteiger partial charge in [-0.2, -0.15) is 4.98 Å². The third-order valence-corrected chi connectivity index (χ3v) is 6.53. The van der Waals surface area contributed by atoms with Gasteiger partial charge < -0.3 is 9.47 Å². The van der Waals surface area contributed by atoms with Crippen molar-refractivity contribution in [1.29, 1.82) is 0 Å². The van der Waals surface area contributed by atoms with Crippen molar-refractivity contribution in [3.05, 3.63) is 54.1 Å². The van der Waals surface area contributed by atoms with Gasteiger partial charge in [-0.05, 0) is 49.6 Å². The lowest BCUT2D eigenvalue weighted by atomic mass is 10.1. The molecular weight excluding hydrogens is 448 g/mol. The van der Waals surface area contributed by atoms with E-state index in [-0.39, 0.29) is 5.91 Å². The number of aromatic nitrogens is 3. The molecule has 0 saturated carbocycles. The van der Waals surface area contributed by atoms with E-state index < -0.39 is 6.23 Å². The van der Waals surface area contributed by atoms with Crippen LogP contribution < -0.4 is 14.4 Å². The lowest BCUT2D eigenvalue weighted by Gasteiger charge is -2.31. The first-order chi connectivity index (χ1) is 16.5. The summed E-state index contributed by atoms with van der Waals surface area (Å²) < 4.78 is 12.1. The first-order valence-electron chi connectivity index (χ1n) is 11.7. The molecule has 1 aliphatic rings. The zero-order chi connectivity index (χ0) is 24.1. The number of carbonyl (C=O) groups is 1. The predicted octanol–water partition coefficient (Wildman–Crippen LogP) is 5.91. The van der Waals surface area contributed by atoms with Crippen LogP contribution in [0.15, 0.2) is 53.7 Å². The first-order valence-corrected chi connectivity index (χ1v) is 12.7. The maximum absolute atomic E-state index is 13.4. The molecular formula is C26H30N4O3S. The summed E-state index contributed by atoms with van der Waals surface area (Å²) in [5.74, 6) is 2.49. The van der Waals surface area contributed by atoms with Crippen molar-refractivity contribution in [1.82, 2.24) is 15.2 Å². The molecule has 1 aromatic heterocycles. The minimum atomic E-state index is -0.697. The van der Waals surface area contributed by atoms with Gasteiger partial charge in [-0.15, -0.1) is 10.2 Å². The topological polar surface area (TPSA) is 77.4 Å². The Bertz CT molecular complexity index is 1140. The van der Waals surface area contributed by atoms with Crippen LogP contribution in [0, 0.1) is 5.92 Å². The number of para-hydroxylation sites is 1. The van der Waals surface area contributed by atoms with E-state index in [4.69, 9.17) is 14.5 Å². The number of benzene rings is 2. The average Bonchev–Trinajstić information content (AvgIpc) is 2.98. The van der Waals surface area contributed by atoms with Gasteiger partial charge in [0.15, 0.2) is 5.69 Å². The van der Waals surface area contributed by atoms with Crippen molar-refractivity contribution >= 4 is 23.4 Å². The second-order valence-electron chi connectivity index (χ2n) is 8.46. The second-order valence-corrected chi connectivity index (χ2v) is 9.44. The molecule has 0 saturated heterocycles. The molecule has 0 radical (unpaired) electrons. The quantitative estimate of drug-likeness (QED) is 0.372. The third kappa shape index (κ3) is 5.17. The SMILES string of the molecule is CCCC(=O)N1c2ccccc2-c2nnc(SCC(C)C)nc2OC1c1ccc(OCC)cc1. The van der Waals surface area contributed by atoms with Gasteiger partial charge in [-0.1, -0.05) is 50.7 Å².